The lowest BCUT2D eigenvalue weighted by molar-refractivity contribution is -0.110. The van der Waals surface area contributed by atoms with Gasteiger partial charge in [0.1, 0.15) is 0 Å². The minimum atomic E-state index is -0.0770. The number of hydrogen-bond donors (Lipinski definition) is 3. The summed E-state index contributed by atoms with van der Waals surface area (Å²) in [7, 11) is 0. The van der Waals surface area contributed by atoms with Crippen molar-refractivity contribution in [3.8, 4) is 0 Å². The van der Waals surface area contributed by atoms with E-state index in [0.717, 1.165) is 35.7 Å². The number of hydrogen-bond acceptors (Lipinski definition) is 4. The first kappa shape index (κ1) is 20.0. The van der Waals surface area contributed by atoms with E-state index < -0.39 is 0 Å². The molecule has 28 heavy (non-hydrogen) atoms. The number of nitrogens with one attached hydrogen (secondary N) is 3. The predicted molar refractivity (Wildman–Crippen MR) is 119 cm³/mol. The summed E-state index contributed by atoms with van der Waals surface area (Å²) in [6.07, 6.45) is 1.77. The molecule has 0 aromatic heterocycles. The normalized spacial score (nSPS) is 14.7. The summed E-state index contributed by atoms with van der Waals surface area (Å²) < 4.78 is 0. The van der Waals surface area contributed by atoms with Gasteiger partial charge in [0.25, 0.3) is 5.91 Å². The highest BCUT2D eigenvalue weighted by Gasteiger charge is 2.23. The van der Waals surface area contributed by atoms with Crippen LogP contribution in [0.25, 0.3) is 5.57 Å². The standard InChI is InChI=1S/C23H30N4O/c1-16(2)27(17(3)4)14-13-24-18-9-11-19(12-10-18)25-15-21-20-7-5-6-8-22(20)26-23(21)28/h5-12,15-17,24-25H,13-14H2,1-4H3,(H,26,28)/b21-15+. The quantitative estimate of drug-likeness (QED) is 0.587. The van der Waals surface area contributed by atoms with E-state index in [-0.39, 0.29) is 5.91 Å². The van der Waals surface area contributed by atoms with Crippen LogP contribution in [0.4, 0.5) is 17.1 Å². The van der Waals surface area contributed by atoms with Gasteiger partial charge in [0.05, 0.1) is 5.57 Å². The van der Waals surface area contributed by atoms with Crippen molar-refractivity contribution in [2.24, 2.45) is 0 Å². The summed E-state index contributed by atoms with van der Waals surface area (Å²) in [5, 5.41) is 9.59. The van der Waals surface area contributed by atoms with Gasteiger partial charge in [-0.05, 0) is 58.0 Å². The first-order valence-corrected chi connectivity index (χ1v) is 9.93. The van der Waals surface area contributed by atoms with E-state index in [0.29, 0.717) is 17.7 Å². The molecular formula is C23H30N4O. The largest absolute Gasteiger partial charge is 0.384 e. The van der Waals surface area contributed by atoms with Gasteiger partial charge in [0.2, 0.25) is 0 Å². The van der Waals surface area contributed by atoms with Gasteiger partial charge in [0, 0.05) is 54.0 Å². The van der Waals surface area contributed by atoms with E-state index >= 15 is 0 Å². The molecule has 3 rings (SSSR count). The second-order valence-electron chi connectivity index (χ2n) is 7.63. The SMILES string of the molecule is CC(C)N(CCNc1ccc(N/C=C2/C(=O)Nc3ccccc32)cc1)C(C)C. The predicted octanol–water partition coefficient (Wildman–Crippen LogP) is 4.62. The Kier molecular flexibility index (Phi) is 6.37. The van der Waals surface area contributed by atoms with E-state index in [4.69, 9.17) is 0 Å². The highest BCUT2D eigenvalue weighted by Crippen LogP contribution is 2.31. The summed E-state index contributed by atoms with van der Waals surface area (Å²) in [6, 6.07) is 16.9. The van der Waals surface area contributed by atoms with Gasteiger partial charge in [-0.2, -0.15) is 0 Å². The fourth-order valence-electron chi connectivity index (χ4n) is 3.56. The van der Waals surface area contributed by atoms with Crippen molar-refractivity contribution in [3.05, 3.63) is 60.3 Å². The number of carbonyl (C=O) groups is 1. The minimum absolute atomic E-state index is 0.0770. The molecule has 1 aliphatic rings. The zero-order chi connectivity index (χ0) is 20.1. The van der Waals surface area contributed by atoms with Crippen molar-refractivity contribution < 1.29 is 4.79 Å². The van der Waals surface area contributed by atoms with E-state index in [1.54, 1.807) is 6.20 Å². The van der Waals surface area contributed by atoms with Crippen LogP contribution in [-0.2, 0) is 4.79 Å². The molecule has 0 saturated heterocycles. The number of amides is 1. The Morgan fingerprint density at radius 2 is 1.61 bits per heavy atom. The number of fused-ring (bicyclic) bond motifs is 1. The van der Waals surface area contributed by atoms with Crippen LogP contribution in [0.15, 0.2) is 54.7 Å². The van der Waals surface area contributed by atoms with Gasteiger partial charge in [0.15, 0.2) is 0 Å². The van der Waals surface area contributed by atoms with Crippen molar-refractivity contribution in [2.45, 2.75) is 39.8 Å². The molecule has 5 heteroatoms. The smallest absolute Gasteiger partial charge is 0.257 e. The summed E-state index contributed by atoms with van der Waals surface area (Å²) >= 11 is 0. The van der Waals surface area contributed by atoms with E-state index in [2.05, 4.69) is 60.7 Å². The fourth-order valence-corrected chi connectivity index (χ4v) is 3.56. The molecule has 1 heterocycles. The maximum Gasteiger partial charge on any atom is 0.257 e. The zero-order valence-electron chi connectivity index (χ0n) is 17.1. The maximum absolute atomic E-state index is 12.1. The lowest BCUT2D eigenvalue weighted by atomic mass is 10.1. The number of carbonyl (C=O) groups excluding carboxylic acids is 1. The molecular weight excluding hydrogens is 348 g/mol. The van der Waals surface area contributed by atoms with Crippen LogP contribution in [0.1, 0.15) is 33.3 Å². The Morgan fingerprint density at radius 3 is 2.29 bits per heavy atom. The van der Waals surface area contributed by atoms with Gasteiger partial charge < -0.3 is 16.0 Å². The average Bonchev–Trinajstić information content (AvgIpc) is 2.99. The maximum atomic E-state index is 12.1. The molecule has 5 nitrogen and oxygen atoms in total. The number of para-hydroxylation sites is 1. The van der Waals surface area contributed by atoms with Crippen molar-refractivity contribution in [3.63, 3.8) is 0 Å². The Labute approximate surface area is 167 Å². The van der Waals surface area contributed by atoms with Gasteiger partial charge in [-0.25, -0.2) is 0 Å². The number of benzene rings is 2. The monoisotopic (exact) mass is 378 g/mol. The van der Waals surface area contributed by atoms with E-state index in [1.165, 1.54) is 0 Å². The molecule has 0 fully saturated rings. The van der Waals surface area contributed by atoms with Gasteiger partial charge in [-0.1, -0.05) is 18.2 Å². The number of nitrogens with zero attached hydrogens (tertiary/aromatic N) is 1. The molecule has 3 N–H and O–H groups in total. The molecule has 0 bridgehead atoms. The molecule has 0 saturated carbocycles. The topological polar surface area (TPSA) is 56.4 Å². The van der Waals surface area contributed by atoms with Crippen molar-refractivity contribution >= 4 is 28.5 Å². The van der Waals surface area contributed by atoms with Crippen LogP contribution in [0.3, 0.4) is 0 Å². The highest BCUT2D eigenvalue weighted by atomic mass is 16.2. The first-order valence-electron chi connectivity index (χ1n) is 9.93. The molecule has 0 unspecified atom stereocenters. The first-order chi connectivity index (χ1) is 13.5. The molecule has 2 aromatic rings. The van der Waals surface area contributed by atoms with Crippen LogP contribution >= 0.6 is 0 Å². The second-order valence-corrected chi connectivity index (χ2v) is 7.63. The van der Waals surface area contributed by atoms with E-state index in [9.17, 15) is 4.79 Å². The molecule has 1 amide bonds. The molecule has 0 aliphatic carbocycles. The van der Waals surface area contributed by atoms with Gasteiger partial charge in [-0.15, -0.1) is 0 Å². The molecule has 0 spiro atoms. The Hall–Kier alpha value is -2.79. The fraction of sp³-hybridized carbons (Fsp3) is 0.348. The molecule has 1 aliphatic heterocycles. The summed E-state index contributed by atoms with van der Waals surface area (Å²) in [4.78, 5) is 14.6. The van der Waals surface area contributed by atoms with Crippen molar-refractivity contribution in [1.29, 1.82) is 0 Å². The van der Waals surface area contributed by atoms with Crippen LogP contribution in [0.2, 0.25) is 0 Å². The van der Waals surface area contributed by atoms with Crippen molar-refractivity contribution in [1.82, 2.24) is 4.90 Å². The third-order valence-electron chi connectivity index (χ3n) is 5.00. The van der Waals surface area contributed by atoms with Crippen LogP contribution in [0, 0.1) is 0 Å². The van der Waals surface area contributed by atoms with E-state index in [1.807, 2.05) is 36.4 Å². The van der Waals surface area contributed by atoms with Gasteiger partial charge >= 0.3 is 0 Å². The Morgan fingerprint density at radius 1 is 0.964 bits per heavy atom. The molecule has 2 aromatic carbocycles. The minimum Gasteiger partial charge on any atom is -0.384 e. The lowest BCUT2D eigenvalue weighted by Gasteiger charge is -2.30. The van der Waals surface area contributed by atoms with Crippen LogP contribution < -0.4 is 16.0 Å². The average molecular weight is 379 g/mol. The van der Waals surface area contributed by atoms with Crippen LogP contribution in [0.5, 0.6) is 0 Å². The third-order valence-corrected chi connectivity index (χ3v) is 5.00. The number of anilines is 3. The summed E-state index contributed by atoms with van der Waals surface area (Å²) in [5.74, 6) is -0.0770. The molecule has 0 atom stereocenters. The van der Waals surface area contributed by atoms with Crippen molar-refractivity contribution in [2.75, 3.05) is 29.0 Å². The molecule has 148 valence electrons. The summed E-state index contributed by atoms with van der Waals surface area (Å²) in [5.41, 5.74) is 4.48. The second kappa shape index (κ2) is 8.93. The highest BCUT2D eigenvalue weighted by molar-refractivity contribution is 6.31. The Balaban J connectivity index is 1.56. The number of rotatable bonds is 8. The van der Waals surface area contributed by atoms with Crippen LogP contribution in [-0.4, -0.2) is 36.0 Å². The third kappa shape index (κ3) is 4.73. The zero-order valence-corrected chi connectivity index (χ0v) is 17.1. The molecule has 0 radical (unpaired) electrons. The summed E-state index contributed by atoms with van der Waals surface area (Å²) in [6.45, 7) is 10.9. The lowest BCUT2D eigenvalue weighted by Crippen LogP contribution is -2.40. The van der Waals surface area contributed by atoms with Gasteiger partial charge in [-0.3, -0.25) is 9.69 Å². The Bertz CT molecular complexity index is 832.